The van der Waals surface area contributed by atoms with E-state index in [1.165, 1.54) is 6.07 Å². The zero-order valence-electron chi connectivity index (χ0n) is 13.6. The fourth-order valence-electron chi connectivity index (χ4n) is 2.76. The highest BCUT2D eigenvalue weighted by Gasteiger charge is 2.22. The summed E-state index contributed by atoms with van der Waals surface area (Å²) in [5.74, 6) is 0.136. The molecule has 23 heavy (non-hydrogen) atoms. The molecule has 0 bridgehead atoms. The van der Waals surface area contributed by atoms with Crippen LogP contribution in [0.1, 0.15) is 24.8 Å². The number of anilines is 1. The number of likely N-dealkylation sites (tertiary alicyclic amines) is 1. The van der Waals surface area contributed by atoms with Crippen LogP contribution in [0, 0.1) is 17.0 Å². The minimum absolute atomic E-state index is 0.103. The molecule has 0 spiro atoms. The predicted octanol–water partition coefficient (Wildman–Crippen LogP) is 2.34. The lowest BCUT2D eigenvalue weighted by molar-refractivity contribution is -0.384. The van der Waals surface area contributed by atoms with Gasteiger partial charge in [0, 0.05) is 44.1 Å². The molecule has 1 aliphatic rings. The van der Waals surface area contributed by atoms with Gasteiger partial charge in [0.15, 0.2) is 0 Å². The molecule has 1 aliphatic heterocycles. The molecule has 1 amide bonds. The Morgan fingerprint density at radius 3 is 2.70 bits per heavy atom. The Morgan fingerprint density at radius 1 is 1.43 bits per heavy atom. The van der Waals surface area contributed by atoms with Crippen LogP contribution in [-0.4, -0.2) is 48.6 Å². The zero-order valence-corrected chi connectivity index (χ0v) is 13.6. The van der Waals surface area contributed by atoms with Crippen molar-refractivity contribution in [3.8, 4) is 0 Å². The van der Waals surface area contributed by atoms with Gasteiger partial charge in [0.2, 0.25) is 5.91 Å². The van der Waals surface area contributed by atoms with Crippen LogP contribution in [0.4, 0.5) is 11.4 Å². The van der Waals surface area contributed by atoms with Crippen molar-refractivity contribution >= 4 is 17.3 Å². The first-order chi connectivity index (χ1) is 11.0. The molecule has 7 nitrogen and oxygen atoms in total. The summed E-state index contributed by atoms with van der Waals surface area (Å²) >= 11 is 0. The summed E-state index contributed by atoms with van der Waals surface area (Å²) in [7, 11) is 1.59. The van der Waals surface area contributed by atoms with Crippen LogP contribution in [0.3, 0.4) is 0 Å². The second kappa shape index (κ2) is 7.92. The number of piperidine rings is 1. The Labute approximate surface area is 135 Å². The van der Waals surface area contributed by atoms with Crippen molar-refractivity contribution in [3.63, 3.8) is 0 Å². The van der Waals surface area contributed by atoms with Gasteiger partial charge in [-0.25, -0.2) is 0 Å². The van der Waals surface area contributed by atoms with Crippen LogP contribution in [0.15, 0.2) is 18.2 Å². The first-order valence-electron chi connectivity index (χ1n) is 7.79. The van der Waals surface area contributed by atoms with E-state index in [-0.39, 0.29) is 22.6 Å². The van der Waals surface area contributed by atoms with Crippen LogP contribution in [0.2, 0.25) is 0 Å². The average molecular weight is 321 g/mol. The monoisotopic (exact) mass is 321 g/mol. The van der Waals surface area contributed by atoms with Gasteiger partial charge in [0.1, 0.15) is 0 Å². The van der Waals surface area contributed by atoms with Gasteiger partial charge in [-0.1, -0.05) is 0 Å². The molecule has 1 saturated heterocycles. The molecule has 1 fully saturated rings. The fourth-order valence-corrected chi connectivity index (χ4v) is 2.76. The van der Waals surface area contributed by atoms with Crippen molar-refractivity contribution in [2.24, 2.45) is 0 Å². The minimum Gasteiger partial charge on any atom is -0.384 e. The number of hydrogen-bond donors (Lipinski definition) is 1. The summed E-state index contributed by atoms with van der Waals surface area (Å²) in [5.41, 5.74) is 1.88. The molecule has 0 atom stereocenters. The number of carbonyl (C=O) groups is 1. The minimum atomic E-state index is -0.388. The van der Waals surface area contributed by atoms with Gasteiger partial charge in [-0.15, -0.1) is 0 Å². The quantitative estimate of drug-likeness (QED) is 0.642. The van der Waals surface area contributed by atoms with E-state index in [0.29, 0.717) is 13.0 Å². The molecule has 7 heteroatoms. The van der Waals surface area contributed by atoms with Crippen LogP contribution >= 0.6 is 0 Å². The summed E-state index contributed by atoms with van der Waals surface area (Å²) in [6, 6.07) is 5.12. The van der Waals surface area contributed by atoms with E-state index in [1.54, 1.807) is 19.2 Å². The normalized spacial score (nSPS) is 15.5. The van der Waals surface area contributed by atoms with Crippen molar-refractivity contribution in [2.75, 3.05) is 32.1 Å². The molecule has 0 aromatic heterocycles. The van der Waals surface area contributed by atoms with Crippen LogP contribution < -0.4 is 5.32 Å². The van der Waals surface area contributed by atoms with E-state index >= 15 is 0 Å². The third-order valence-corrected chi connectivity index (χ3v) is 4.15. The summed E-state index contributed by atoms with van der Waals surface area (Å²) in [6.07, 6.45) is 2.17. The van der Waals surface area contributed by atoms with Gasteiger partial charge in [-0.3, -0.25) is 14.9 Å². The number of hydrogen-bond acceptors (Lipinski definition) is 5. The zero-order chi connectivity index (χ0) is 16.8. The van der Waals surface area contributed by atoms with E-state index < -0.39 is 0 Å². The van der Waals surface area contributed by atoms with Crippen LogP contribution in [0.5, 0.6) is 0 Å². The molecule has 0 saturated carbocycles. The van der Waals surface area contributed by atoms with Crippen molar-refractivity contribution in [2.45, 2.75) is 32.2 Å². The van der Waals surface area contributed by atoms with Gasteiger partial charge in [-0.05, 0) is 31.4 Å². The van der Waals surface area contributed by atoms with Crippen molar-refractivity contribution < 1.29 is 14.5 Å². The van der Waals surface area contributed by atoms with E-state index in [0.717, 1.165) is 37.2 Å². The fraction of sp³-hybridized carbons (Fsp3) is 0.562. The highest BCUT2D eigenvalue weighted by atomic mass is 16.6. The SMILES string of the molecule is COCCC(=O)N1CCC(Nc2ccc([N+](=O)[O-])cc2C)CC1. The summed E-state index contributed by atoms with van der Waals surface area (Å²) in [4.78, 5) is 24.2. The van der Waals surface area contributed by atoms with E-state index in [4.69, 9.17) is 4.74 Å². The molecule has 1 heterocycles. The number of nitro groups is 1. The third-order valence-electron chi connectivity index (χ3n) is 4.15. The van der Waals surface area contributed by atoms with Gasteiger partial charge in [0.05, 0.1) is 18.0 Å². The summed E-state index contributed by atoms with van der Waals surface area (Å²) in [6.45, 7) is 3.77. The molecule has 0 aliphatic carbocycles. The third kappa shape index (κ3) is 4.66. The van der Waals surface area contributed by atoms with Gasteiger partial charge < -0.3 is 15.0 Å². The molecule has 1 aromatic rings. The Hall–Kier alpha value is -2.15. The number of nitrogens with zero attached hydrogens (tertiary/aromatic N) is 2. The lowest BCUT2D eigenvalue weighted by Crippen LogP contribution is -2.42. The average Bonchev–Trinajstić information content (AvgIpc) is 2.55. The number of carbonyl (C=O) groups excluding carboxylic acids is 1. The number of ether oxygens (including phenoxy) is 1. The molecule has 0 unspecified atom stereocenters. The highest BCUT2D eigenvalue weighted by molar-refractivity contribution is 5.76. The molecule has 1 N–H and O–H groups in total. The lowest BCUT2D eigenvalue weighted by atomic mass is 10.0. The number of nitro benzene ring substituents is 1. The number of methoxy groups -OCH3 is 1. The van der Waals surface area contributed by atoms with Gasteiger partial charge >= 0.3 is 0 Å². The molecular weight excluding hydrogens is 298 g/mol. The number of nitrogens with one attached hydrogen (secondary N) is 1. The molecule has 126 valence electrons. The topological polar surface area (TPSA) is 84.7 Å². The van der Waals surface area contributed by atoms with Crippen molar-refractivity contribution in [3.05, 3.63) is 33.9 Å². The number of non-ortho nitro benzene ring substituents is 1. The molecule has 0 radical (unpaired) electrons. The van der Waals surface area contributed by atoms with Crippen molar-refractivity contribution in [1.29, 1.82) is 0 Å². The Kier molecular flexibility index (Phi) is 5.92. The first-order valence-corrected chi connectivity index (χ1v) is 7.79. The first kappa shape index (κ1) is 17.2. The Balaban J connectivity index is 1.87. The summed E-state index contributed by atoms with van der Waals surface area (Å²) in [5, 5.41) is 14.2. The number of benzene rings is 1. The largest absolute Gasteiger partial charge is 0.384 e. The van der Waals surface area contributed by atoms with E-state index in [2.05, 4.69) is 5.32 Å². The maximum absolute atomic E-state index is 11.9. The van der Waals surface area contributed by atoms with Gasteiger partial charge in [-0.2, -0.15) is 0 Å². The Morgan fingerprint density at radius 2 is 2.13 bits per heavy atom. The second-order valence-electron chi connectivity index (χ2n) is 5.80. The summed E-state index contributed by atoms with van der Waals surface area (Å²) < 4.78 is 4.94. The predicted molar refractivity (Wildman–Crippen MR) is 87.6 cm³/mol. The number of rotatable bonds is 6. The second-order valence-corrected chi connectivity index (χ2v) is 5.80. The highest BCUT2D eigenvalue weighted by Crippen LogP contribution is 2.24. The smallest absolute Gasteiger partial charge is 0.269 e. The van der Waals surface area contributed by atoms with Crippen LogP contribution in [0.25, 0.3) is 0 Å². The lowest BCUT2D eigenvalue weighted by Gasteiger charge is -2.33. The molecule has 2 rings (SSSR count). The number of amides is 1. The number of aryl methyl sites for hydroxylation is 1. The van der Waals surface area contributed by atoms with E-state index in [1.807, 2.05) is 11.8 Å². The maximum atomic E-state index is 11.9. The van der Waals surface area contributed by atoms with E-state index in [9.17, 15) is 14.9 Å². The standard InChI is InChI=1S/C16H23N3O4/c1-12-11-14(19(21)22)3-4-15(12)17-13-5-8-18(9-6-13)16(20)7-10-23-2/h3-4,11,13,17H,5-10H2,1-2H3. The molecule has 1 aromatic carbocycles. The maximum Gasteiger partial charge on any atom is 0.269 e. The molecular formula is C16H23N3O4. The van der Waals surface area contributed by atoms with Crippen LogP contribution in [-0.2, 0) is 9.53 Å². The van der Waals surface area contributed by atoms with Crippen molar-refractivity contribution in [1.82, 2.24) is 4.90 Å². The Bertz CT molecular complexity index is 568. The van der Waals surface area contributed by atoms with Gasteiger partial charge in [0.25, 0.3) is 5.69 Å².